The van der Waals surface area contributed by atoms with Crippen molar-refractivity contribution in [3.63, 3.8) is 0 Å². The maximum atomic E-state index is 13.0. The molecule has 3 saturated carbocycles. The van der Waals surface area contributed by atoms with Crippen molar-refractivity contribution in [3.8, 4) is 0 Å². The van der Waals surface area contributed by atoms with E-state index in [1.54, 1.807) is 11.1 Å². The summed E-state index contributed by atoms with van der Waals surface area (Å²) >= 11 is 0. The van der Waals surface area contributed by atoms with Crippen molar-refractivity contribution in [3.05, 3.63) is 46.5 Å². The van der Waals surface area contributed by atoms with Crippen LogP contribution < -0.4 is 0 Å². The van der Waals surface area contributed by atoms with E-state index in [1.807, 2.05) is 0 Å². The maximum absolute atomic E-state index is 13.0. The topological polar surface area (TPSA) is 35.5 Å². The number of allylic oxidation sites excluding steroid dienone is 2. The van der Waals surface area contributed by atoms with Gasteiger partial charge in [-0.1, -0.05) is 47.9 Å². The molecule has 3 nitrogen and oxygen atoms in total. The molecule has 160 valence electrons. The van der Waals surface area contributed by atoms with E-state index in [9.17, 15) is 4.79 Å². The van der Waals surface area contributed by atoms with E-state index in [1.165, 1.54) is 24.0 Å². The van der Waals surface area contributed by atoms with Gasteiger partial charge in [0.05, 0.1) is 13.2 Å². The molecule has 5 unspecified atom stereocenters. The number of hydrogen-bond donors (Lipinski definition) is 0. The Morgan fingerprint density at radius 1 is 0.967 bits per heavy atom. The van der Waals surface area contributed by atoms with Crippen molar-refractivity contribution in [1.29, 1.82) is 0 Å². The predicted octanol–water partition coefficient (Wildman–Crippen LogP) is 5.72. The van der Waals surface area contributed by atoms with Crippen molar-refractivity contribution in [2.45, 2.75) is 76.9 Å². The Bertz CT molecular complexity index is 891. The van der Waals surface area contributed by atoms with Gasteiger partial charge in [-0.25, -0.2) is 0 Å². The van der Waals surface area contributed by atoms with Gasteiger partial charge in [0, 0.05) is 30.6 Å². The fraction of sp³-hybridized carbons (Fsp3) is 0.667. The van der Waals surface area contributed by atoms with E-state index in [-0.39, 0.29) is 11.2 Å². The molecule has 3 heteroatoms. The van der Waals surface area contributed by atoms with Crippen LogP contribution in [0.4, 0.5) is 0 Å². The zero-order valence-corrected chi connectivity index (χ0v) is 18.4. The Labute approximate surface area is 180 Å². The highest BCUT2D eigenvalue weighted by molar-refractivity contribution is 5.87. The first-order chi connectivity index (χ1) is 14.5. The summed E-state index contributed by atoms with van der Waals surface area (Å²) in [6.45, 7) is 5.94. The minimum absolute atomic E-state index is 0.134. The van der Waals surface area contributed by atoms with Gasteiger partial charge in [0.25, 0.3) is 0 Å². The second-order valence-electron chi connectivity index (χ2n) is 10.8. The molecule has 1 aromatic rings. The normalized spacial score (nSPS) is 39.7. The Balaban J connectivity index is 1.45. The number of carbonyl (C=O) groups is 1. The summed E-state index contributed by atoms with van der Waals surface area (Å²) < 4.78 is 12.2. The molecule has 30 heavy (non-hydrogen) atoms. The van der Waals surface area contributed by atoms with E-state index >= 15 is 0 Å². The van der Waals surface area contributed by atoms with E-state index in [2.05, 4.69) is 38.1 Å². The summed E-state index contributed by atoms with van der Waals surface area (Å²) in [7, 11) is 0. The number of hydrogen-bond acceptors (Lipinski definition) is 3. The first-order valence-electron chi connectivity index (χ1n) is 12.1. The summed E-state index contributed by atoms with van der Waals surface area (Å²) in [4.78, 5) is 13.0. The lowest BCUT2D eigenvalue weighted by Gasteiger charge is -2.52. The van der Waals surface area contributed by atoms with Gasteiger partial charge in [-0.3, -0.25) is 4.79 Å². The van der Waals surface area contributed by atoms with Crippen molar-refractivity contribution in [2.24, 2.45) is 23.2 Å². The first kappa shape index (κ1) is 19.3. The third-order valence-corrected chi connectivity index (χ3v) is 9.34. The fourth-order valence-corrected chi connectivity index (χ4v) is 7.86. The second kappa shape index (κ2) is 6.77. The van der Waals surface area contributed by atoms with Crippen LogP contribution >= 0.6 is 0 Å². The maximum Gasteiger partial charge on any atom is 0.169 e. The molecule has 5 atom stereocenters. The Morgan fingerprint density at radius 2 is 1.73 bits per heavy atom. The quantitative estimate of drug-likeness (QED) is 0.560. The highest BCUT2D eigenvalue weighted by atomic mass is 16.7. The van der Waals surface area contributed by atoms with E-state index in [0.717, 1.165) is 51.7 Å². The van der Waals surface area contributed by atoms with Crippen LogP contribution in [0.3, 0.4) is 0 Å². The highest BCUT2D eigenvalue weighted by Crippen LogP contribution is 2.63. The van der Waals surface area contributed by atoms with Crippen molar-refractivity contribution >= 4 is 5.78 Å². The minimum Gasteiger partial charge on any atom is -0.348 e. The molecule has 1 aliphatic heterocycles. The lowest BCUT2D eigenvalue weighted by molar-refractivity contribution is -0.181. The SMILES string of the molecule is Cc1ccc(C2CC3(C)C(=O)CCC3C3CCC4CC5(CCC4=C23)OCCO5)cc1. The third kappa shape index (κ3) is 2.74. The number of carbonyl (C=O) groups excluding carboxylic acids is 1. The lowest BCUT2D eigenvalue weighted by Crippen LogP contribution is -2.46. The molecule has 0 amide bonds. The van der Waals surface area contributed by atoms with Crippen molar-refractivity contribution in [1.82, 2.24) is 0 Å². The van der Waals surface area contributed by atoms with E-state index in [0.29, 0.717) is 29.5 Å². The van der Waals surface area contributed by atoms with Crippen LogP contribution in [0, 0.1) is 30.1 Å². The standard InChI is InChI=1S/C27H34O3/c1-17-3-5-18(6-4-17)22-16-26(2)23(9-10-24(26)28)21-8-7-19-15-27(29-13-14-30-27)12-11-20(19)25(21)22/h3-6,19,21-23H,7-16H2,1-2H3. The van der Waals surface area contributed by atoms with Gasteiger partial charge >= 0.3 is 0 Å². The first-order valence-corrected chi connectivity index (χ1v) is 12.1. The van der Waals surface area contributed by atoms with Crippen LogP contribution in [0.5, 0.6) is 0 Å². The molecule has 4 aliphatic carbocycles. The molecule has 1 saturated heterocycles. The largest absolute Gasteiger partial charge is 0.348 e. The Morgan fingerprint density at radius 3 is 2.50 bits per heavy atom. The average Bonchev–Trinajstić information content (AvgIpc) is 3.32. The molecular weight excluding hydrogens is 372 g/mol. The van der Waals surface area contributed by atoms with Crippen LogP contribution in [-0.2, 0) is 14.3 Å². The second-order valence-corrected chi connectivity index (χ2v) is 10.8. The number of rotatable bonds is 1. The van der Waals surface area contributed by atoms with E-state index in [4.69, 9.17) is 9.47 Å². The number of benzene rings is 1. The van der Waals surface area contributed by atoms with Gasteiger partial charge in [0.2, 0.25) is 0 Å². The summed E-state index contributed by atoms with van der Waals surface area (Å²) in [6.07, 6.45) is 8.48. The monoisotopic (exact) mass is 406 g/mol. The summed E-state index contributed by atoms with van der Waals surface area (Å²) in [5.74, 6) is 2.34. The highest BCUT2D eigenvalue weighted by Gasteiger charge is 2.57. The van der Waals surface area contributed by atoms with Gasteiger partial charge in [0.1, 0.15) is 5.78 Å². The zero-order chi connectivity index (χ0) is 20.5. The molecule has 1 spiro atoms. The molecule has 4 fully saturated rings. The van der Waals surface area contributed by atoms with Gasteiger partial charge in [-0.05, 0) is 62.3 Å². The van der Waals surface area contributed by atoms with Crippen molar-refractivity contribution in [2.75, 3.05) is 13.2 Å². The zero-order valence-electron chi connectivity index (χ0n) is 18.4. The van der Waals surface area contributed by atoms with Crippen LogP contribution in [0.15, 0.2) is 35.4 Å². The van der Waals surface area contributed by atoms with Gasteiger partial charge in [0.15, 0.2) is 5.79 Å². The fourth-order valence-electron chi connectivity index (χ4n) is 7.86. The van der Waals surface area contributed by atoms with Crippen molar-refractivity contribution < 1.29 is 14.3 Å². The number of ether oxygens (including phenoxy) is 2. The Kier molecular flexibility index (Phi) is 4.35. The summed E-state index contributed by atoms with van der Waals surface area (Å²) in [5.41, 5.74) is 6.02. The van der Waals surface area contributed by atoms with Crippen LogP contribution in [0.2, 0.25) is 0 Å². The molecule has 1 aromatic carbocycles. The lowest BCUT2D eigenvalue weighted by atomic mass is 9.52. The number of fused-ring (bicyclic) bond motifs is 4. The molecule has 5 aliphatic rings. The predicted molar refractivity (Wildman–Crippen MR) is 116 cm³/mol. The van der Waals surface area contributed by atoms with Gasteiger partial charge < -0.3 is 9.47 Å². The summed E-state index contributed by atoms with van der Waals surface area (Å²) in [5, 5.41) is 0. The molecule has 6 rings (SSSR count). The minimum atomic E-state index is -0.312. The number of Topliss-reactive ketones (excluding diaryl/α,β-unsaturated/α-hetero) is 1. The number of aryl methyl sites for hydroxylation is 1. The molecule has 0 aromatic heterocycles. The number of ketones is 1. The van der Waals surface area contributed by atoms with Crippen LogP contribution in [-0.4, -0.2) is 24.8 Å². The third-order valence-electron chi connectivity index (χ3n) is 9.34. The molecule has 0 N–H and O–H groups in total. The Hall–Kier alpha value is -1.45. The molecule has 0 radical (unpaired) electrons. The van der Waals surface area contributed by atoms with Gasteiger partial charge in [-0.15, -0.1) is 0 Å². The smallest absolute Gasteiger partial charge is 0.169 e. The van der Waals surface area contributed by atoms with Crippen LogP contribution in [0.25, 0.3) is 0 Å². The van der Waals surface area contributed by atoms with Gasteiger partial charge in [-0.2, -0.15) is 0 Å². The molecule has 1 heterocycles. The summed E-state index contributed by atoms with van der Waals surface area (Å²) in [6, 6.07) is 9.14. The van der Waals surface area contributed by atoms with Crippen LogP contribution in [0.1, 0.15) is 75.3 Å². The molecule has 0 bridgehead atoms. The van der Waals surface area contributed by atoms with E-state index < -0.39 is 0 Å². The average molecular weight is 407 g/mol. The molecular formula is C27H34O3.